The highest BCUT2D eigenvalue weighted by Crippen LogP contribution is 2.43. The SMILES string of the molecule is COc1cnc(-c2cnc(C)c(C(OC(C)(C)C)C(=O)OC(C)C)c2N2CCC(C)(C)CC2)nc1. The molecule has 1 aliphatic rings. The van der Waals surface area contributed by atoms with Crippen LogP contribution in [0.5, 0.6) is 5.75 Å². The van der Waals surface area contributed by atoms with E-state index in [1.54, 1.807) is 25.7 Å². The van der Waals surface area contributed by atoms with Gasteiger partial charge in [-0.1, -0.05) is 13.8 Å². The number of hydrogen-bond acceptors (Lipinski definition) is 8. The summed E-state index contributed by atoms with van der Waals surface area (Å²) in [6, 6.07) is 0. The second kappa shape index (κ2) is 10.5. The van der Waals surface area contributed by atoms with Gasteiger partial charge in [0.15, 0.2) is 17.7 Å². The third-order valence-electron chi connectivity index (χ3n) is 6.12. The van der Waals surface area contributed by atoms with Crippen molar-refractivity contribution in [2.24, 2.45) is 5.41 Å². The number of rotatable bonds is 7. The molecule has 1 saturated heterocycles. The molecule has 35 heavy (non-hydrogen) atoms. The topological polar surface area (TPSA) is 86.7 Å². The highest BCUT2D eigenvalue weighted by atomic mass is 16.6. The summed E-state index contributed by atoms with van der Waals surface area (Å²) in [6.45, 7) is 17.7. The van der Waals surface area contributed by atoms with Crippen LogP contribution in [-0.2, 0) is 14.3 Å². The minimum absolute atomic E-state index is 0.257. The molecule has 0 spiro atoms. The van der Waals surface area contributed by atoms with Gasteiger partial charge in [0.25, 0.3) is 0 Å². The first-order chi connectivity index (χ1) is 16.3. The largest absolute Gasteiger partial charge is 0.494 e. The van der Waals surface area contributed by atoms with Gasteiger partial charge in [0.05, 0.1) is 42.5 Å². The zero-order valence-electron chi connectivity index (χ0n) is 22.6. The molecular formula is C27H40N4O4. The first-order valence-corrected chi connectivity index (χ1v) is 12.3. The summed E-state index contributed by atoms with van der Waals surface area (Å²) in [5.41, 5.74) is 2.74. The van der Waals surface area contributed by atoms with Gasteiger partial charge in [-0.2, -0.15) is 0 Å². The van der Waals surface area contributed by atoms with Crippen molar-refractivity contribution in [3.63, 3.8) is 0 Å². The Balaban J connectivity index is 2.23. The molecular weight excluding hydrogens is 444 g/mol. The van der Waals surface area contributed by atoms with Crippen LogP contribution in [0.4, 0.5) is 5.69 Å². The Morgan fingerprint density at radius 2 is 1.66 bits per heavy atom. The van der Waals surface area contributed by atoms with Gasteiger partial charge in [-0.25, -0.2) is 14.8 Å². The maximum Gasteiger partial charge on any atom is 0.340 e. The van der Waals surface area contributed by atoms with Crippen molar-refractivity contribution >= 4 is 11.7 Å². The van der Waals surface area contributed by atoms with E-state index in [0.29, 0.717) is 17.1 Å². The summed E-state index contributed by atoms with van der Waals surface area (Å²) in [5.74, 6) is 0.669. The molecule has 2 aromatic rings. The molecule has 3 heterocycles. The Kier molecular flexibility index (Phi) is 8.04. The Bertz CT molecular complexity index is 1020. The lowest BCUT2D eigenvalue weighted by Gasteiger charge is -2.40. The number of carbonyl (C=O) groups is 1. The minimum Gasteiger partial charge on any atom is -0.494 e. The van der Waals surface area contributed by atoms with Crippen LogP contribution < -0.4 is 9.64 Å². The van der Waals surface area contributed by atoms with Gasteiger partial charge in [-0.15, -0.1) is 0 Å². The van der Waals surface area contributed by atoms with Crippen LogP contribution in [0.25, 0.3) is 11.4 Å². The predicted molar refractivity (Wildman–Crippen MR) is 137 cm³/mol. The third-order valence-corrected chi connectivity index (χ3v) is 6.12. The number of piperidine rings is 1. The molecule has 0 aliphatic carbocycles. The smallest absolute Gasteiger partial charge is 0.340 e. The maximum absolute atomic E-state index is 13.4. The minimum atomic E-state index is -0.937. The number of esters is 1. The lowest BCUT2D eigenvalue weighted by molar-refractivity contribution is -0.171. The number of pyridine rings is 1. The fourth-order valence-electron chi connectivity index (χ4n) is 4.20. The van der Waals surface area contributed by atoms with Gasteiger partial charge in [0, 0.05) is 30.5 Å². The molecule has 192 valence electrons. The average Bonchev–Trinajstić information content (AvgIpc) is 2.76. The lowest BCUT2D eigenvalue weighted by Crippen LogP contribution is -2.39. The van der Waals surface area contributed by atoms with Crippen LogP contribution in [0.3, 0.4) is 0 Å². The molecule has 8 nitrogen and oxygen atoms in total. The molecule has 8 heteroatoms. The first-order valence-electron chi connectivity index (χ1n) is 12.3. The summed E-state index contributed by atoms with van der Waals surface area (Å²) < 4.78 is 17.3. The first kappa shape index (κ1) is 26.9. The van der Waals surface area contributed by atoms with Crippen molar-refractivity contribution in [2.45, 2.75) is 86.0 Å². The third kappa shape index (κ3) is 6.69. The highest BCUT2D eigenvalue weighted by Gasteiger charge is 2.37. The van der Waals surface area contributed by atoms with Gasteiger partial charge >= 0.3 is 5.97 Å². The van der Waals surface area contributed by atoms with E-state index in [4.69, 9.17) is 14.2 Å². The standard InChI is InChI=1S/C27H40N4O4/c1-17(2)34-25(32)23(35-26(4,5)6)21-18(3)28-16-20(24-29-14-19(33-9)15-30-24)22(21)31-12-10-27(7,8)11-13-31/h14-17,23H,10-13H2,1-9H3. The van der Waals surface area contributed by atoms with Gasteiger partial charge in [-0.3, -0.25) is 4.98 Å². The van der Waals surface area contributed by atoms with Crippen molar-refractivity contribution in [3.05, 3.63) is 29.8 Å². The van der Waals surface area contributed by atoms with E-state index >= 15 is 0 Å². The van der Waals surface area contributed by atoms with Crippen LogP contribution in [0.15, 0.2) is 18.6 Å². The predicted octanol–water partition coefficient (Wildman–Crippen LogP) is 5.29. The van der Waals surface area contributed by atoms with Crippen molar-refractivity contribution in [2.75, 3.05) is 25.1 Å². The quantitative estimate of drug-likeness (QED) is 0.490. The molecule has 0 saturated carbocycles. The number of methoxy groups -OCH3 is 1. The lowest BCUT2D eigenvalue weighted by atomic mass is 9.82. The van der Waals surface area contributed by atoms with E-state index in [9.17, 15) is 4.79 Å². The van der Waals surface area contributed by atoms with Crippen molar-refractivity contribution < 1.29 is 19.0 Å². The molecule has 0 radical (unpaired) electrons. The summed E-state index contributed by atoms with van der Waals surface area (Å²) in [7, 11) is 1.58. The molecule has 0 N–H and O–H groups in total. The van der Waals surface area contributed by atoms with Gasteiger partial charge in [-0.05, 0) is 59.8 Å². The molecule has 2 aromatic heterocycles. The number of nitrogens with zero attached hydrogens (tertiary/aromatic N) is 4. The maximum atomic E-state index is 13.4. The Hall–Kier alpha value is -2.74. The Labute approximate surface area is 209 Å². The molecule has 1 atom stereocenters. The normalized spacial score (nSPS) is 16.8. The number of carbonyl (C=O) groups excluding carboxylic acids is 1. The van der Waals surface area contributed by atoms with Crippen molar-refractivity contribution in [1.29, 1.82) is 0 Å². The Morgan fingerprint density at radius 3 is 2.17 bits per heavy atom. The van der Waals surface area contributed by atoms with E-state index in [0.717, 1.165) is 42.9 Å². The monoisotopic (exact) mass is 484 g/mol. The average molecular weight is 485 g/mol. The molecule has 1 unspecified atom stereocenters. The fourth-order valence-corrected chi connectivity index (χ4v) is 4.20. The van der Waals surface area contributed by atoms with E-state index in [-0.39, 0.29) is 11.5 Å². The summed E-state index contributed by atoms with van der Waals surface area (Å²) in [4.78, 5) is 29.5. The number of anilines is 1. The van der Waals surface area contributed by atoms with Crippen LogP contribution in [-0.4, -0.2) is 52.8 Å². The Morgan fingerprint density at radius 1 is 1.06 bits per heavy atom. The van der Waals surface area contributed by atoms with Crippen molar-refractivity contribution in [1.82, 2.24) is 15.0 Å². The van der Waals surface area contributed by atoms with E-state index in [2.05, 4.69) is 33.7 Å². The highest BCUT2D eigenvalue weighted by molar-refractivity contribution is 5.85. The second-order valence-electron chi connectivity index (χ2n) is 11.2. The van der Waals surface area contributed by atoms with E-state index in [1.807, 2.05) is 41.5 Å². The van der Waals surface area contributed by atoms with Gasteiger partial charge in [0.1, 0.15) is 0 Å². The van der Waals surface area contributed by atoms with Gasteiger partial charge < -0.3 is 19.1 Å². The van der Waals surface area contributed by atoms with E-state index in [1.165, 1.54) is 0 Å². The number of aryl methyl sites for hydroxylation is 1. The summed E-state index contributed by atoms with van der Waals surface area (Å²) in [6.07, 6.45) is 5.91. The summed E-state index contributed by atoms with van der Waals surface area (Å²) >= 11 is 0. The molecule has 1 fully saturated rings. The van der Waals surface area contributed by atoms with Gasteiger partial charge in [0.2, 0.25) is 0 Å². The molecule has 3 rings (SSSR count). The second-order valence-corrected chi connectivity index (χ2v) is 11.2. The summed E-state index contributed by atoms with van der Waals surface area (Å²) in [5, 5.41) is 0. The molecule has 0 bridgehead atoms. The molecule has 0 amide bonds. The zero-order chi connectivity index (χ0) is 26.0. The number of hydrogen-bond donors (Lipinski definition) is 0. The fraction of sp³-hybridized carbons (Fsp3) is 0.630. The van der Waals surface area contributed by atoms with E-state index < -0.39 is 17.7 Å². The molecule has 0 aromatic carbocycles. The van der Waals surface area contributed by atoms with Crippen LogP contribution >= 0.6 is 0 Å². The molecule has 1 aliphatic heterocycles. The van der Waals surface area contributed by atoms with Crippen molar-refractivity contribution in [3.8, 4) is 17.1 Å². The van der Waals surface area contributed by atoms with Crippen LogP contribution in [0.2, 0.25) is 0 Å². The number of ether oxygens (including phenoxy) is 3. The van der Waals surface area contributed by atoms with Crippen LogP contribution in [0, 0.1) is 12.3 Å². The number of aromatic nitrogens is 3. The zero-order valence-corrected chi connectivity index (χ0v) is 22.6. The van der Waals surface area contributed by atoms with Crippen LogP contribution in [0.1, 0.15) is 78.7 Å².